The summed E-state index contributed by atoms with van der Waals surface area (Å²) < 4.78 is 27.2. The topological polar surface area (TPSA) is 118 Å². The average molecular weight is 487 g/mol. The van der Waals surface area contributed by atoms with Crippen molar-refractivity contribution in [1.29, 1.82) is 0 Å². The van der Waals surface area contributed by atoms with Crippen molar-refractivity contribution in [2.24, 2.45) is 4.99 Å². The number of anilines is 1. The number of ketones is 1. The van der Waals surface area contributed by atoms with Gasteiger partial charge >= 0.3 is 0 Å². The zero-order chi connectivity index (χ0) is 22.7. The van der Waals surface area contributed by atoms with Gasteiger partial charge in [-0.3, -0.25) is 14.3 Å². The Kier molecular flexibility index (Phi) is 6.40. The van der Waals surface area contributed by atoms with E-state index in [0.717, 1.165) is 5.56 Å². The Bertz CT molecular complexity index is 1270. The van der Waals surface area contributed by atoms with Crippen molar-refractivity contribution in [3.05, 3.63) is 71.2 Å². The minimum absolute atomic E-state index is 0.0676. The van der Waals surface area contributed by atoms with Crippen LogP contribution in [-0.4, -0.2) is 35.5 Å². The number of rotatable bonds is 7. The first kappa shape index (κ1) is 22.2. The fraction of sp³-hybridized carbons (Fsp3) is 0.143. The second-order valence-corrected chi connectivity index (χ2v) is 10.7. The Morgan fingerprint density at radius 1 is 1.16 bits per heavy atom. The third-order valence-corrected chi connectivity index (χ3v) is 7.81. The highest BCUT2D eigenvalue weighted by Gasteiger charge is 2.32. The Morgan fingerprint density at radius 2 is 1.88 bits per heavy atom. The predicted molar refractivity (Wildman–Crippen MR) is 126 cm³/mol. The molecular weight excluding hydrogens is 468 g/mol. The van der Waals surface area contributed by atoms with E-state index in [1.54, 1.807) is 29.6 Å². The number of sulfonamides is 1. The number of hydrogen-bond donors (Lipinski definition) is 2. The van der Waals surface area contributed by atoms with Crippen LogP contribution in [0.1, 0.15) is 22.3 Å². The van der Waals surface area contributed by atoms with Crippen LogP contribution in [0.2, 0.25) is 0 Å². The van der Waals surface area contributed by atoms with Crippen LogP contribution in [0.4, 0.5) is 10.8 Å². The van der Waals surface area contributed by atoms with E-state index in [1.807, 2.05) is 19.1 Å². The van der Waals surface area contributed by atoms with E-state index in [4.69, 9.17) is 0 Å². The first-order chi connectivity index (χ1) is 15.3. The molecule has 4 rings (SSSR count). The molecule has 1 fully saturated rings. The van der Waals surface area contributed by atoms with Gasteiger partial charge in [-0.1, -0.05) is 41.6 Å². The Labute approximate surface area is 193 Å². The number of nitrogens with zero attached hydrogens (tertiary/aromatic N) is 2. The van der Waals surface area contributed by atoms with Crippen LogP contribution in [0, 0.1) is 6.92 Å². The minimum Gasteiger partial charge on any atom is -0.304 e. The molecule has 0 radical (unpaired) electrons. The van der Waals surface area contributed by atoms with Gasteiger partial charge in [0.25, 0.3) is 10.0 Å². The molecule has 32 heavy (non-hydrogen) atoms. The van der Waals surface area contributed by atoms with Crippen molar-refractivity contribution < 1.29 is 18.0 Å². The lowest BCUT2D eigenvalue weighted by Crippen LogP contribution is -2.26. The van der Waals surface area contributed by atoms with E-state index in [-0.39, 0.29) is 28.1 Å². The second kappa shape index (κ2) is 9.23. The number of amidine groups is 1. The molecule has 0 aliphatic carbocycles. The highest BCUT2D eigenvalue weighted by atomic mass is 32.2. The summed E-state index contributed by atoms with van der Waals surface area (Å²) in [6, 6.07) is 13.2. The second-order valence-electron chi connectivity index (χ2n) is 6.94. The third-order valence-electron chi connectivity index (χ3n) is 4.55. The van der Waals surface area contributed by atoms with Crippen LogP contribution in [0.15, 0.2) is 70.0 Å². The van der Waals surface area contributed by atoms with Crippen LogP contribution in [-0.2, 0) is 14.8 Å². The number of hydrogen-bond acceptors (Lipinski definition) is 8. The standard InChI is InChI=1S/C21H18N4O4S3/c1-13-2-4-14(5-3-13)17(26)12-18-19(27)24-21(31-18)23-15-6-8-16(9-7-15)32(28,29)25-20-22-10-11-30-20/h2-11,18H,12H2,1H3,(H,22,25)(H,23,24,27). The first-order valence-corrected chi connectivity index (χ1v) is 12.7. The highest BCUT2D eigenvalue weighted by molar-refractivity contribution is 8.15. The Balaban J connectivity index is 1.41. The molecule has 0 saturated carbocycles. The number of carbonyl (C=O) groups excluding carboxylic acids is 2. The average Bonchev–Trinajstić information content (AvgIpc) is 3.38. The van der Waals surface area contributed by atoms with E-state index in [2.05, 4.69) is 20.0 Å². The fourth-order valence-electron chi connectivity index (χ4n) is 2.88. The van der Waals surface area contributed by atoms with Gasteiger partial charge in [0, 0.05) is 23.6 Å². The summed E-state index contributed by atoms with van der Waals surface area (Å²) in [6.45, 7) is 1.94. The summed E-state index contributed by atoms with van der Waals surface area (Å²) >= 11 is 2.37. The zero-order valence-corrected chi connectivity index (χ0v) is 19.3. The van der Waals surface area contributed by atoms with Crippen LogP contribution < -0.4 is 10.0 Å². The molecule has 8 nitrogen and oxygen atoms in total. The molecule has 3 aromatic rings. The Morgan fingerprint density at radius 3 is 2.53 bits per heavy atom. The lowest BCUT2D eigenvalue weighted by molar-refractivity contribution is -0.118. The normalized spacial score (nSPS) is 17.3. The molecule has 1 unspecified atom stereocenters. The molecule has 1 aromatic heterocycles. The molecule has 0 spiro atoms. The number of thioether (sulfide) groups is 1. The molecule has 2 aromatic carbocycles. The van der Waals surface area contributed by atoms with Gasteiger partial charge in [-0.05, 0) is 31.2 Å². The van der Waals surface area contributed by atoms with Crippen LogP contribution in [0.5, 0.6) is 0 Å². The van der Waals surface area contributed by atoms with E-state index < -0.39 is 15.3 Å². The van der Waals surface area contributed by atoms with E-state index in [1.165, 1.54) is 41.4 Å². The zero-order valence-electron chi connectivity index (χ0n) is 16.8. The van der Waals surface area contributed by atoms with Crippen molar-refractivity contribution >= 4 is 60.8 Å². The number of amides is 1. The number of aromatic nitrogens is 1. The number of benzene rings is 2. The van der Waals surface area contributed by atoms with E-state index >= 15 is 0 Å². The first-order valence-electron chi connectivity index (χ1n) is 9.49. The molecule has 164 valence electrons. The molecule has 11 heteroatoms. The van der Waals surface area contributed by atoms with Crippen molar-refractivity contribution in [2.75, 3.05) is 4.72 Å². The molecule has 2 N–H and O–H groups in total. The number of carbonyl (C=O) groups is 2. The van der Waals surface area contributed by atoms with Gasteiger partial charge in [0.15, 0.2) is 16.1 Å². The van der Waals surface area contributed by atoms with E-state index in [0.29, 0.717) is 16.4 Å². The molecule has 1 aliphatic rings. The number of thiazole rings is 1. The van der Waals surface area contributed by atoms with Crippen LogP contribution >= 0.6 is 23.1 Å². The molecule has 1 amide bonds. The quantitative estimate of drug-likeness (QED) is 0.491. The number of Topliss-reactive ketones (excluding diaryl/α,β-unsaturated/α-hetero) is 1. The summed E-state index contributed by atoms with van der Waals surface area (Å²) in [5, 5.41) is 4.44. The lowest BCUT2D eigenvalue weighted by atomic mass is 10.0. The lowest BCUT2D eigenvalue weighted by Gasteiger charge is -2.05. The van der Waals surface area contributed by atoms with Crippen LogP contribution in [0.25, 0.3) is 0 Å². The maximum Gasteiger partial charge on any atom is 0.263 e. The molecule has 1 saturated heterocycles. The van der Waals surface area contributed by atoms with Gasteiger partial charge < -0.3 is 5.32 Å². The van der Waals surface area contributed by atoms with Gasteiger partial charge in [-0.2, -0.15) is 0 Å². The number of aryl methyl sites for hydroxylation is 1. The fourth-order valence-corrected chi connectivity index (χ4v) is 5.66. The Hall–Kier alpha value is -3.02. The van der Waals surface area contributed by atoms with Crippen molar-refractivity contribution in [3.63, 3.8) is 0 Å². The van der Waals surface area contributed by atoms with Gasteiger partial charge in [-0.25, -0.2) is 18.4 Å². The minimum atomic E-state index is -3.75. The van der Waals surface area contributed by atoms with Gasteiger partial charge in [0.1, 0.15) is 0 Å². The van der Waals surface area contributed by atoms with Crippen molar-refractivity contribution in [1.82, 2.24) is 10.3 Å². The third kappa shape index (κ3) is 5.23. The predicted octanol–water partition coefficient (Wildman–Crippen LogP) is 3.74. The smallest absolute Gasteiger partial charge is 0.263 e. The highest BCUT2D eigenvalue weighted by Crippen LogP contribution is 2.27. The molecule has 0 bridgehead atoms. The molecular formula is C21H18N4O4S3. The van der Waals surface area contributed by atoms with E-state index in [9.17, 15) is 18.0 Å². The van der Waals surface area contributed by atoms with Crippen molar-refractivity contribution in [3.8, 4) is 0 Å². The monoisotopic (exact) mass is 486 g/mol. The molecule has 1 atom stereocenters. The summed E-state index contributed by atoms with van der Waals surface area (Å²) in [4.78, 5) is 33.1. The number of aliphatic imine (C=N–C) groups is 1. The summed E-state index contributed by atoms with van der Waals surface area (Å²) in [5.74, 6) is -0.387. The maximum absolute atomic E-state index is 12.5. The largest absolute Gasteiger partial charge is 0.304 e. The van der Waals surface area contributed by atoms with Gasteiger partial charge in [0.05, 0.1) is 15.8 Å². The van der Waals surface area contributed by atoms with Gasteiger partial charge in [0.2, 0.25) is 5.91 Å². The maximum atomic E-state index is 12.5. The van der Waals surface area contributed by atoms with Crippen molar-refractivity contribution in [2.45, 2.75) is 23.5 Å². The number of nitrogens with one attached hydrogen (secondary N) is 2. The summed E-state index contributed by atoms with van der Waals surface area (Å²) in [7, 11) is -3.75. The van der Waals surface area contributed by atoms with Gasteiger partial charge in [-0.15, -0.1) is 11.3 Å². The summed E-state index contributed by atoms with van der Waals surface area (Å²) in [6.07, 6.45) is 1.58. The SMILES string of the molecule is Cc1ccc(C(=O)CC2SC(=Nc3ccc(S(=O)(=O)Nc4nccs4)cc3)NC2=O)cc1. The summed E-state index contributed by atoms with van der Waals surface area (Å²) in [5.41, 5.74) is 2.10. The molecule has 2 heterocycles. The molecule has 1 aliphatic heterocycles. The van der Waals surface area contributed by atoms with Crippen LogP contribution in [0.3, 0.4) is 0 Å².